The molecule has 1 aliphatic heterocycles. The van der Waals surface area contributed by atoms with Gasteiger partial charge in [-0.15, -0.1) is 0 Å². The van der Waals surface area contributed by atoms with Gasteiger partial charge in [-0.3, -0.25) is 19.6 Å². The molecule has 1 unspecified atom stereocenters. The highest BCUT2D eigenvalue weighted by atomic mass is 35.5. The van der Waals surface area contributed by atoms with Crippen molar-refractivity contribution in [3.63, 3.8) is 0 Å². The number of rotatable bonds is 7. The van der Waals surface area contributed by atoms with Crippen LogP contribution in [0.4, 0.5) is 24.5 Å². The third-order valence-corrected chi connectivity index (χ3v) is 6.26. The van der Waals surface area contributed by atoms with Crippen LogP contribution in [0.15, 0.2) is 48.9 Å². The predicted molar refractivity (Wildman–Crippen MR) is 132 cm³/mol. The summed E-state index contributed by atoms with van der Waals surface area (Å²) in [7, 11) is 0. The Labute approximate surface area is 224 Å². The molecule has 3 aromatic rings. The van der Waals surface area contributed by atoms with Crippen molar-refractivity contribution in [2.75, 3.05) is 18.5 Å². The van der Waals surface area contributed by atoms with Gasteiger partial charge in [0.15, 0.2) is 0 Å². The molecule has 4 rings (SSSR count). The number of nitrogens with zero attached hydrogens (tertiary/aromatic N) is 2. The molecule has 38 heavy (non-hydrogen) atoms. The number of nitrogens with one attached hydrogen (secondary N) is 3. The lowest BCUT2D eigenvalue weighted by Gasteiger charge is -2.27. The first-order chi connectivity index (χ1) is 18.0. The number of aromatic hydroxyl groups is 1. The van der Waals surface area contributed by atoms with Crippen LogP contribution in [0, 0.1) is 0 Å². The van der Waals surface area contributed by atoms with Crippen LogP contribution in [0.25, 0.3) is 0 Å². The summed E-state index contributed by atoms with van der Waals surface area (Å²) >= 11 is 12.0. The number of aromatic nitrogens is 2. The van der Waals surface area contributed by atoms with Crippen LogP contribution in [0.1, 0.15) is 28.0 Å². The van der Waals surface area contributed by atoms with E-state index in [-0.39, 0.29) is 64.6 Å². The first-order valence-corrected chi connectivity index (χ1v) is 11.8. The van der Waals surface area contributed by atoms with E-state index in [0.717, 1.165) is 6.07 Å². The fraction of sp³-hybridized carbons (Fsp3) is 0.250. The molecular formula is C24H20Cl2F3N5O4. The van der Waals surface area contributed by atoms with E-state index in [1.54, 1.807) is 0 Å². The minimum absolute atomic E-state index is 0.0613. The number of carbonyl (C=O) groups is 2. The monoisotopic (exact) mass is 569 g/mol. The summed E-state index contributed by atoms with van der Waals surface area (Å²) in [6.45, 7) is 0.0252. The molecule has 1 aromatic carbocycles. The van der Waals surface area contributed by atoms with E-state index in [1.807, 2.05) is 0 Å². The first kappa shape index (κ1) is 27.4. The maximum Gasteiger partial charge on any atom is 0.418 e. The van der Waals surface area contributed by atoms with Crippen molar-refractivity contribution >= 4 is 46.4 Å². The Kier molecular flexibility index (Phi) is 7.95. The van der Waals surface area contributed by atoms with Crippen LogP contribution in [0.3, 0.4) is 0 Å². The Hall–Kier alpha value is -3.61. The molecular weight excluding hydrogens is 550 g/mol. The molecule has 9 nitrogen and oxygen atoms in total. The van der Waals surface area contributed by atoms with Gasteiger partial charge in [0.25, 0.3) is 5.91 Å². The second-order valence-electron chi connectivity index (χ2n) is 8.42. The van der Waals surface area contributed by atoms with E-state index < -0.39 is 29.1 Å². The third kappa shape index (κ3) is 6.26. The fourth-order valence-corrected chi connectivity index (χ4v) is 4.16. The number of amides is 2. The molecule has 200 valence electrons. The summed E-state index contributed by atoms with van der Waals surface area (Å²) in [6, 6.07) is 5.90. The van der Waals surface area contributed by atoms with E-state index in [2.05, 4.69) is 25.9 Å². The van der Waals surface area contributed by atoms with Gasteiger partial charge < -0.3 is 25.8 Å². The second-order valence-corrected chi connectivity index (χ2v) is 9.26. The van der Waals surface area contributed by atoms with E-state index in [9.17, 15) is 27.9 Å². The lowest BCUT2D eigenvalue weighted by Crippen LogP contribution is -2.59. The van der Waals surface area contributed by atoms with E-state index in [1.165, 1.54) is 42.9 Å². The number of ether oxygens (including phenoxy) is 1. The van der Waals surface area contributed by atoms with Gasteiger partial charge in [-0.2, -0.15) is 13.2 Å². The fourth-order valence-electron chi connectivity index (χ4n) is 3.75. The van der Waals surface area contributed by atoms with Crippen LogP contribution in [-0.4, -0.2) is 45.6 Å². The molecule has 1 atom stereocenters. The molecule has 1 saturated heterocycles. The zero-order chi connectivity index (χ0) is 27.5. The van der Waals surface area contributed by atoms with Gasteiger partial charge in [0.05, 0.1) is 58.8 Å². The Morgan fingerprint density at radius 1 is 1.13 bits per heavy atom. The highest BCUT2D eigenvalue weighted by molar-refractivity contribution is 6.31. The first-order valence-electron chi connectivity index (χ1n) is 11.1. The minimum Gasteiger partial charge on any atom is -0.506 e. The molecule has 0 saturated carbocycles. The molecule has 0 spiro atoms. The summed E-state index contributed by atoms with van der Waals surface area (Å²) in [5.74, 6) is -1.38. The highest BCUT2D eigenvalue weighted by Crippen LogP contribution is 2.38. The van der Waals surface area contributed by atoms with Gasteiger partial charge in [-0.05, 0) is 30.3 Å². The third-order valence-electron chi connectivity index (χ3n) is 5.69. The Morgan fingerprint density at radius 2 is 1.92 bits per heavy atom. The number of halogens is 5. The number of benzene rings is 1. The zero-order valence-electron chi connectivity index (χ0n) is 19.4. The number of hydrogen-bond donors (Lipinski definition) is 4. The number of anilines is 2. The van der Waals surface area contributed by atoms with Gasteiger partial charge in [0.2, 0.25) is 5.91 Å². The number of pyridine rings is 2. The molecule has 14 heteroatoms. The minimum atomic E-state index is -4.64. The SMILES string of the molecule is O=C(NC1(C(=O)NCc2ncc(Nc3ccc(Cl)cc3C(F)(F)F)cc2Cl)CCOC1)c1cncc(O)c1. The van der Waals surface area contributed by atoms with Crippen molar-refractivity contribution < 1.29 is 32.6 Å². The maximum absolute atomic E-state index is 13.4. The molecule has 2 aromatic heterocycles. The molecule has 2 amide bonds. The summed E-state index contributed by atoms with van der Waals surface area (Å²) in [4.78, 5) is 33.7. The van der Waals surface area contributed by atoms with Crippen LogP contribution >= 0.6 is 23.2 Å². The van der Waals surface area contributed by atoms with Crippen molar-refractivity contribution in [2.24, 2.45) is 0 Å². The van der Waals surface area contributed by atoms with Gasteiger partial charge in [0.1, 0.15) is 11.3 Å². The van der Waals surface area contributed by atoms with Crippen LogP contribution in [-0.2, 0) is 22.3 Å². The van der Waals surface area contributed by atoms with Crippen molar-refractivity contribution in [1.82, 2.24) is 20.6 Å². The topological polar surface area (TPSA) is 125 Å². The number of hydrogen-bond acceptors (Lipinski definition) is 7. The van der Waals surface area contributed by atoms with Crippen molar-refractivity contribution in [3.8, 4) is 5.75 Å². The normalized spacial score (nSPS) is 17.2. The summed E-state index contributed by atoms with van der Waals surface area (Å²) in [5, 5.41) is 17.5. The Bertz CT molecular complexity index is 1370. The quantitative estimate of drug-likeness (QED) is 0.331. The van der Waals surface area contributed by atoms with Gasteiger partial charge in [-0.25, -0.2) is 0 Å². The highest BCUT2D eigenvalue weighted by Gasteiger charge is 2.44. The van der Waals surface area contributed by atoms with Gasteiger partial charge in [0, 0.05) is 24.2 Å². The molecule has 1 aliphatic rings. The Morgan fingerprint density at radius 3 is 2.58 bits per heavy atom. The second kappa shape index (κ2) is 11.0. The Balaban J connectivity index is 1.44. The average molecular weight is 570 g/mol. The van der Waals surface area contributed by atoms with Crippen LogP contribution in [0.2, 0.25) is 10.0 Å². The number of carbonyl (C=O) groups excluding carboxylic acids is 2. The molecule has 0 bridgehead atoms. The lowest BCUT2D eigenvalue weighted by molar-refractivity contribution is -0.137. The van der Waals surface area contributed by atoms with E-state index in [0.29, 0.717) is 0 Å². The smallest absolute Gasteiger partial charge is 0.418 e. The van der Waals surface area contributed by atoms with Gasteiger partial charge in [-0.1, -0.05) is 23.2 Å². The average Bonchev–Trinajstić information content (AvgIpc) is 3.33. The molecule has 1 fully saturated rings. The van der Waals surface area contributed by atoms with Crippen molar-refractivity contribution in [1.29, 1.82) is 0 Å². The van der Waals surface area contributed by atoms with Crippen LogP contribution < -0.4 is 16.0 Å². The lowest BCUT2D eigenvalue weighted by atomic mass is 9.96. The number of alkyl halides is 3. The standard InChI is InChI=1S/C24H20Cl2F3N5O4/c25-14-1-2-19(17(6-14)24(27,28)29)33-15-7-18(26)20(31-9-15)11-32-22(37)23(3-4-38-12-23)34-21(36)13-5-16(35)10-30-8-13/h1-2,5-10,33,35H,3-4,11-12H2,(H,32,37)(H,34,36). The zero-order valence-corrected chi connectivity index (χ0v) is 20.9. The molecule has 4 N–H and O–H groups in total. The summed E-state index contributed by atoms with van der Waals surface area (Å²) in [5.41, 5.74) is -2.07. The summed E-state index contributed by atoms with van der Waals surface area (Å²) in [6.07, 6.45) is -0.754. The summed E-state index contributed by atoms with van der Waals surface area (Å²) < 4.78 is 45.5. The molecule has 0 radical (unpaired) electrons. The van der Waals surface area contributed by atoms with E-state index in [4.69, 9.17) is 27.9 Å². The van der Waals surface area contributed by atoms with Crippen molar-refractivity contribution in [3.05, 3.63) is 75.8 Å². The molecule has 0 aliphatic carbocycles. The molecule has 3 heterocycles. The largest absolute Gasteiger partial charge is 0.506 e. The van der Waals surface area contributed by atoms with Crippen LogP contribution in [0.5, 0.6) is 5.75 Å². The predicted octanol–water partition coefficient (Wildman–Crippen LogP) is 4.46. The van der Waals surface area contributed by atoms with Gasteiger partial charge >= 0.3 is 6.18 Å². The maximum atomic E-state index is 13.4. The van der Waals surface area contributed by atoms with Crippen molar-refractivity contribution in [2.45, 2.75) is 24.7 Å². The van der Waals surface area contributed by atoms with E-state index >= 15 is 0 Å².